The highest BCUT2D eigenvalue weighted by molar-refractivity contribution is 6.20. The first kappa shape index (κ1) is 7.21. The average molecular weight is 124 g/mol. The molecule has 0 rings (SSSR count). The van der Waals surface area contributed by atoms with E-state index < -0.39 is 0 Å². The average Bonchev–Trinajstić information content (AvgIpc) is 1.68. The molecular weight excluding hydrogens is 114 g/mol. The predicted octanol–water partition coefficient (Wildman–Crippen LogP) is -0.0651. The van der Waals surface area contributed by atoms with Crippen LogP contribution in [0, 0.1) is 0 Å². The summed E-state index contributed by atoms with van der Waals surface area (Å²) in [5.41, 5.74) is 5.12. The molecule has 0 aromatic rings. The van der Waals surface area contributed by atoms with Crippen LogP contribution in [0.1, 0.15) is 6.42 Å². The van der Waals surface area contributed by atoms with E-state index in [2.05, 4.69) is 0 Å². The van der Waals surface area contributed by atoms with Gasteiger partial charge < -0.3 is 10.8 Å². The maximum Gasteiger partial charge on any atom is 0.0480 e. The third-order valence-electron chi connectivity index (χ3n) is 0.698. The molecule has 0 saturated heterocycles. The van der Waals surface area contributed by atoms with Gasteiger partial charge in [0, 0.05) is 18.5 Å². The Bertz CT molecular complexity index is 42.7. The molecule has 0 heterocycles. The van der Waals surface area contributed by atoms with Crippen molar-refractivity contribution < 1.29 is 5.11 Å². The van der Waals surface area contributed by atoms with Crippen molar-refractivity contribution in [2.75, 3.05) is 13.2 Å². The first-order valence-electron chi connectivity index (χ1n) is 2.26. The summed E-state index contributed by atoms with van der Waals surface area (Å²) < 4.78 is 0. The van der Waals surface area contributed by atoms with E-state index in [4.69, 9.17) is 22.4 Å². The van der Waals surface area contributed by atoms with Crippen molar-refractivity contribution in [3.8, 4) is 0 Å². The molecule has 0 fully saturated rings. The maximum absolute atomic E-state index is 8.23. The number of halogens is 1. The fourth-order valence-electron chi connectivity index (χ4n) is 0.258. The monoisotopic (exact) mass is 123 g/mol. The van der Waals surface area contributed by atoms with E-state index in [1.54, 1.807) is 0 Å². The zero-order valence-corrected chi connectivity index (χ0v) is 4.86. The van der Waals surface area contributed by atoms with Gasteiger partial charge in [0.1, 0.15) is 0 Å². The lowest BCUT2D eigenvalue weighted by molar-refractivity contribution is 0.287. The second kappa shape index (κ2) is 4.37. The first-order valence-corrected chi connectivity index (χ1v) is 2.70. The Morgan fingerprint density at radius 2 is 2.29 bits per heavy atom. The highest BCUT2D eigenvalue weighted by Crippen LogP contribution is 1.96. The summed E-state index contributed by atoms with van der Waals surface area (Å²) in [6.45, 7) is 0.577. The number of aliphatic hydroxyl groups excluding tert-OH is 1. The van der Waals surface area contributed by atoms with Gasteiger partial charge in [0.05, 0.1) is 0 Å². The molecule has 0 spiro atoms. The van der Waals surface area contributed by atoms with Crippen molar-refractivity contribution in [2.24, 2.45) is 5.73 Å². The first-order chi connectivity index (χ1) is 3.31. The quantitative estimate of drug-likeness (QED) is 0.517. The smallest absolute Gasteiger partial charge is 0.0480 e. The second-order valence-electron chi connectivity index (χ2n) is 1.35. The van der Waals surface area contributed by atoms with Crippen LogP contribution in [0.15, 0.2) is 0 Å². The molecule has 0 aliphatic heterocycles. The van der Waals surface area contributed by atoms with E-state index in [1.165, 1.54) is 0 Å². The molecule has 0 aliphatic rings. The third-order valence-corrected chi connectivity index (χ3v) is 1.09. The van der Waals surface area contributed by atoms with E-state index >= 15 is 0 Å². The zero-order chi connectivity index (χ0) is 5.70. The Hall–Kier alpha value is 0.210. The van der Waals surface area contributed by atoms with E-state index in [0.717, 1.165) is 0 Å². The highest BCUT2D eigenvalue weighted by Gasteiger charge is 1.96. The fourth-order valence-corrected chi connectivity index (χ4v) is 0.356. The predicted molar refractivity (Wildman–Crippen MR) is 30.4 cm³/mol. The molecular formula is C4H10ClNO. The molecule has 0 aromatic heterocycles. The molecule has 2 nitrogen and oxygen atoms in total. The van der Waals surface area contributed by atoms with Crippen LogP contribution in [-0.2, 0) is 0 Å². The van der Waals surface area contributed by atoms with Crippen molar-refractivity contribution in [3.63, 3.8) is 0 Å². The van der Waals surface area contributed by atoms with Crippen molar-refractivity contribution in [2.45, 2.75) is 11.8 Å². The van der Waals surface area contributed by atoms with Crippen molar-refractivity contribution in [1.29, 1.82) is 0 Å². The fraction of sp³-hybridized carbons (Fsp3) is 1.00. The van der Waals surface area contributed by atoms with Crippen molar-refractivity contribution in [3.05, 3.63) is 0 Å². The van der Waals surface area contributed by atoms with E-state index in [-0.39, 0.29) is 12.0 Å². The molecule has 3 N–H and O–H groups in total. The standard InChI is InChI=1S/C4H10ClNO/c5-4(3-6)1-2-7/h4,7H,1-3,6H2. The SMILES string of the molecule is NCC(Cl)CCO. The molecule has 0 amide bonds. The minimum Gasteiger partial charge on any atom is -0.396 e. The van der Waals surface area contributed by atoms with Gasteiger partial charge in [0.2, 0.25) is 0 Å². The van der Waals surface area contributed by atoms with Gasteiger partial charge in [-0.2, -0.15) is 0 Å². The van der Waals surface area contributed by atoms with E-state index in [0.29, 0.717) is 13.0 Å². The maximum atomic E-state index is 8.23. The lowest BCUT2D eigenvalue weighted by Gasteiger charge is -1.99. The Balaban J connectivity index is 2.83. The van der Waals surface area contributed by atoms with Gasteiger partial charge in [-0.25, -0.2) is 0 Å². The molecule has 1 atom stereocenters. The highest BCUT2D eigenvalue weighted by atomic mass is 35.5. The number of hydrogen-bond acceptors (Lipinski definition) is 2. The molecule has 0 saturated carbocycles. The summed E-state index contributed by atoms with van der Waals surface area (Å²) >= 11 is 5.48. The molecule has 3 heteroatoms. The summed E-state index contributed by atoms with van der Waals surface area (Å²) in [5, 5.41) is 8.18. The summed E-state index contributed by atoms with van der Waals surface area (Å²) in [6.07, 6.45) is 0.595. The third kappa shape index (κ3) is 4.05. The number of rotatable bonds is 3. The second-order valence-corrected chi connectivity index (χ2v) is 1.96. The van der Waals surface area contributed by atoms with Crippen LogP contribution in [-0.4, -0.2) is 23.6 Å². The molecule has 0 radical (unpaired) electrons. The largest absolute Gasteiger partial charge is 0.396 e. The molecule has 0 bridgehead atoms. The normalized spacial score (nSPS) is 14.1. The molecule has 1 unspecified atom stereocenters. The molecule has 0 aliphatic carbocycles. The van der Waals surface area contributed by atoms with Gasteiger partial charge in [-0.05, 0) is 6.42 Å². The Kier molecular flexibility index (Phi) is 4.50. The van der Waals surface area contributed by atoms with Crippen LogP contribution in [0.3, 0.4) is 0 Å². The van der Waals surface area contributed by atoms with Gasteiger partial charge in [-0.3, -0.25) is 0 Å². The topological polar surface area (TPSA) is 46.2 Å². The van der Waals surface area contributed by atoms with Crippen LogP contribution >= 0.6 is 11.6 Å². The van der Waals surface area contributed by atoms with Gasteiger partial charge in [0.25, 0.3) is 0 Å². The van der Waals surface area contributed by atoms with E-state index in [1.807, 2.05) is 0 Å². The Labute approximate surface area is 48.3 Å². The zero-order valence-electron chi connectivity index (χ0n) is 4.10. The van der Waals surface area contributed by atoms with Crippen LogP contribution in [0.25, 0.3) is 0 Å². The number of nitrogens with two attached hydrogens (primary N) is 1. The van der Waals surface area contributed by atoms with Crippen LogP contribution in [0.4, 0.5) is 0 Å². The number of alkyl halides is 1. The summed E-state index contributed by atoms with van der Waals surface area (Å²) in [6, 6.07) is 0. The Morgan fingerprint density at radius 1 is 1.71 bits per heavy atom. The van der Waals surface area contributed by atoms with Crippen molar-refractivity contribution in [1.82, 2.24) is 0 Å². The lowest BCUT2D eigenvalue weighted by atomic mass is 10.3. The summed E-state index contributed by atoms with van der Waals surface area (Å²) in [7, 11) is 0. The molecule has 7 heavy (non-hydrogen) atoms. The van der Waals surface area contributed by atoms with Crippen LogP contribution in [0.2, 0.25) is 0 Å². The molecule has 44 valence electrons. The van der Waals surface area contributed by atoms with Gasteiger partial charge in [-0.1, -0.05) is 0 Å². The van der Waals surface area contributed by atoms with Crippen LogP contribution < -0.4 is 5.73 Å². The van der Waals surface area contributed by atoms with Crippen LogP contribution in [0.5, 0.6) is 0 Å². The van der Waals surface area contributed by atoms with Crippen molar-refractivity contribution >= 4 is 11.6 Å². The minimum atomic E-state index is -0.0509. The lowest BCUT2D eigenvalue weighted by Crippen LogP contribution is -2.14. The van der Waals surface area contributed by atoms with Gasteiger partial charge in [0.15, 0.2) is 0 Å². The van der Waals surface area contributed by atoms with E-state index in [9.17, 15) is 0 Å². The summed E-state index contributed by atoms with van der Waals surface area (Å²) in [4.78, 5) is 0. The Morgan fingerprint density at radius 3 is 2.43 bits per heavy atom. The number of hydrogen-bond donors (Lipinski definition) is 2. The number of aliphatic hydroxyl groups is 1. The molecule has 0 aromatic carbocycles. The summed E-state index contributed by atoms with van der Waals surface area (Å²) in [5.74, 6) is 0. The van der Waals surface area contributed by atoms with Gasteiger partial charge >= 0.3 is 0 Å². The minimum absolute atomic E-state index is 0.0509. The van der Waals surface area contributed by atoms with Gasteiger partial charge in [-0.15, -0.1) is 11.6 Å².